The van der Waals surface area contributed by atoms with E-state index in [0.29, 0.717) is 0 Å². The summed E-state index contributed by atoms with van der Waals surface area (Å²) in [6.45, 7) is 2.20. The maximum absolute atomic E-state index is 4.38. The van der Waals surface area contributed by atoms with E-state index in [1.165, 1.54) is 11.1 Å². The summed E-state index contributed by atoms with van der Waals surface area (Å²) in [7, 11) is 0. The van der Waals surface area contributed by atoms with Gasteiger partial charge < -0.3 is 0 Å². The number of nitrogens with zero attached hydrogens (tertiary/aromatic N) is 1. The zero-order valence-corrected chi connectivity index (χ0v) is 8.53. The number of allylic oxidation sites excluding steroid dienone is 4. The summed E-state index contributed by atoms with van der Waals surface area (Å²) in [4.78, 5) is 4.38. The van der Waals surface area contributed by atoms with Gasteiger partial charge >= 0.3 is 0 Å². The molecule has 0 unspecified atom stereocenters. The van der Waals surface area contributed by atoms with Crippen LogP contribution < -0.4 is 0 Å². The van der Waals surface area contributed by atoms with Crippen molar-refractivity contribution >= 4 is 5.57 Å². The van der Waals surface area contributed by atoms with Crippen LogP contribution >= 0.6 is 0 Å². The number of aromatic nitrogens is 1. The van der Waals surface area contributed by atoms with Gasteiger partial charge in [-0.25, -0.2) is 0 Å². The molecule has 14 heavy (non-hydrogen) atoms. The summed E-state index contributed by atoms with van der Waals surface area (Å²) in [5.74, 6) is 0. The molecule has 1 heteroatoms. The molecule has 1 heterocycles. The zero-order chi connectivity index (χ0) is 9.80. The van der Waals surface area contributed by atoms with Gasteiger partial charge in [0.1, 0.15) is 0 Å². The second-order valence-corrected chi connectivity index (χ2v) is 3.56. The van der Waals surface area contributed by atoms with Crippen molar-refractivity contribution in [1.29, 1.82) is 0 Å². The molecule has 0 amide bonds. The van der Waals surface area contributed by atoms with Crippen molar-refractivity contribution in [3.63, 3.8) is 0 Å². The standard InChI is InChI=1S/C13H15N/c1-2-11-6-5-7-12(10-11)13-8-3-4-9-14-13/h3-4,6,8-10H,2,5,7H2,1H3. The largest absolute Gasteiger partial charge is 0.257 e. The monoisotopic (exact) mass is 185 g/mol. The van der Waals surface area contributed by atoms with Crippen LogP contribution in [0.1, 0.15) is 31.9 Å². The molecule has 0 atom stereocenters. The van der Waals surface area contributed by atoms with Gasteiger partial charge in [-0.1, -0.05) is 30.7 Å². The van der Waals surface area contributed by atoms with Gasteiger partial charge in [-0.05, 0) is 37.0 Å². The third-order valence-corrected chi connectivity index (χ3v) is 2.58. The number of rotatable bonds is 2. The Morgan fingerprint density at radius 3 is 3.00 bits per heavy atom. The van der Waals surface area contributed by atoms with E-state index in [0.717, 1.165) is 25.0 Å². The highest BCUT2D eigenvalue weighted by molar-refractivity contribution is 5.66. The Kier molecular flexibility index (Phi) is 2.78. The Morgan fingerprint density at radius 2 is 2.29 bits per heavy atom. The van der Waals surface area contributed by atoms with Crippen molar-refractivity contribution in [2.24, 2.45) is 0 Å². The first-order chi connectivity index (χ1) is 6.90. The first kappa shape index (κ1) is 9.20. The molecule has 1 aliphatic carbocycles. The second-order valence-electron chi connectivity index (χ2n) is 3.56. The van der Waals surface area contributed by atoms with Crippen LogP contribution in [-0.4, -0.2) is 4.98 Å². The molecule has 0 saturated carbocycles. The van der Waals surface area contributed by atoms with Gasteiger partial charge in [0.15, 0.2) is 0 Å². The number of pyridine rings is 1. The van der Waals surface area contributed by atoms with E-state index >= 15 is 0 Å². The molecular weight excluding hydrogens is 170 g/mol. The van der Waals surface area contributed by atoms with Crippen molar-refractivity contribution in [2.45, 2.75) is 26.2 Å². The molecule has 72 valence electrons. The van der Waals surface area contributed by atoms with Crippen LogP contribution in [-0.2, 0) is 0 Å². The van der Waals surface area contributed by atoms with Crippen molar-refractivity contribution in [1.82, 2.24) is 4.98 Å². The maximum Gasteiger partial charge on any atom is 0.0661 e. The molecule has 2 rings (SSSR count). The molecule has 1 aromatic heterocycles. The lowest BCUT2D eigenvalue weighted by molar-refractivity contribution is 0.990. The molecule has 0 N–H and O–H groups in total. The normalized spacial score (nSPS) is 16.1. The quantitative estimate of drug-likeness (QED) is 0.686. The highest BCUT2D eigenvalue weighted by Crippen LogP contribution is 2.25. The number of hydrogen-bond donors (Lipinski definition) is 0. The first-order valence-electron chi connectivity index (χ1n) is 5.21. The Bertz CT molecular complexity index is 360. The van der Waals surface area contributed by atoms with Crippen LogP contribution in [0.2, 0.25) is 0 Å². The second kappa shape index (κ2) is 4.23. The summed E-state index contributed by atoms with van der Waals surface area (Å²) >= 11 is 0. The maximum atomic E-state index is 4.38. The van der Waals surface area contributed by atoms with E-state index in [2.05, 4.69) is 30.1 Å². The van der Waals surface area contributed by atoms with Crippen LogP contribution in [0.25, 0.3) is 5.57 Å². The molecule has 0 aliphatic heterocycles. The first-order valence-corrected chi connectivity index (χ1v) is 5.21. The summed E-state index contributed by atoms with van der Waals surface area (Å²) in [5.41, 5.74) is 3.95. The van der Waals surface area contributed by atoms with E-state index in [4.69, 9.17) is 0 Å². The molecule has 1 aliphatic rings. The molecule has 0 aromatic carbocycles. The molecule has 1 aromatic rings. The minimum Gasteiger partial charge on any atom is -0.257 e. The Labute approximate surface area is 85.2 Å². The molecular formula is C13H15N. The van der Waals surface area contributed by atoms with Gasteiger partial charge in [0.2, 0.25) is 0 Å². The van der Waals surface area contributed by atoms with Crippen molar-refractivity contribution < 1.29 is 0 Å². The third kappa shape index (κ3) is 1.92. The van der Waals surface area contributed by atoms with Gasteiger partial charge in [0.25, 0.3) is 0 Å². The SMILES string of the molecule is CCC1=CCCC(c2ccccn2)=C1. The lowest BCUT2D eigenvalue weighted by atomic mass is 9.95. The average Bonchev–Trinajstić information content (AvgIpc) is 2.30. The lowest BCUT2D eigenvalue weighted by Crippen LogP contribution is -1.94. The third-order valence-electron chi connectivity index (χ3n) is 2.58. The Morgan fingerprint density at radius 1 is 1.36 bits per heavy atom. The van der Waals surface area contributed by atoms with Crippen molar-refractivity contribution in [3.05, 3.63) is 47.8 Å². The number of hydrogen-bond acceptors (Lipinski definition) is 1. The molecule has 0 spiro atoms. The molecule has 1 nitrogen and oxygen atoms in total. The minimum atomic E-state index is 1.12. The van der Waals surface area contributed by atoms with Gasteiger partial charge in [0.05, 0.1) is 5.69 Å². The molecule has 0 saturated heterocycles. The van der Waals surface area contributed by atoms with Crippen molar-refractivity contribution in [3.8, 4) is 0 Å². The minimum absolute atomic E-state index is 1.12. The summed E-state index contributed by atoms with van der Waals surface area (Å²) in [6, 6.07) is 6.10. The smallest absolute Gasteiger partial charge is 0.0661 e. The summed E-state index contributed by atoms with van der Waals surface area (Å²) in [6.07, 6.45) is 9.88. The van der Waals surface area contributed by atoms with Crippen LogP contribution in [0, 0.1) is 0 Å². The van der Waals surface area contributed by atoms with Crippen LogP contribution in [0.5, 0.6) is 0 Å². The predicted molar refractivity (Wildman–Crippen MR) is 59.8 cm³/mol. The van der Waals surface area contributed by atoms with Gasteiger partial charge in [0, 0.05) is 6.20 Å². The fraction of sp³-hybridized carbons (Fsp3) is 0.308. The fourth-order valence-electron chi connectivity index (χ4n) is 1.77. The van der Waals surface area contributed by atoms with Crippen LogP contribution in [0.3, 0.4) is 0 Å². The predicted octanol–water partition coefficient (Wildman–Crippen LogP) is 3.60. The molecule has 0 bridgehead atoms. The van der Waals surface area contributed by atoms with Crippen LogP contribution in [0.15, 0.2) is 42.1 Å². The van der Waals surface area contributed by atoms with Gasteiger partial charge in [-0.2, -0.15) is 0 Å². The van der Waals surface area contributed by atoms with Gasteiger partial charge in [-0.3, -0.25) is 4.98 Å². The highest BCUT2D eigenvalue weighted by atomic mass is 14.7. The van der Waals surface area contributed by atoms with Crippen LogP contribution in [0.4, 0.5) is 0 Å². The van der Waals surface area contributed by atoms with E-state index in [1.807, 2.05) is 18.3 Å². The van der Waals surface area contributed by atoms with E-state index < -0.39 is 0 Å². The Balaban J connectivity index is 2.28. The van der Waals surface area contributed by atoms with Crippen molar-refractivity contribution in [2.75, 3.05) is 0 Å². The van der Waals surface area contributed by atoms with E-state index in [9.17, 15) is 0 Å². The molecule has 0 fully saturated rings. The highest BCUT2D eigenvalue weighted by Gasteiger charge is 2.06. The molecule has 0 radical (unpaired) electrons. The summed E-state index contributed by atoms with van der Waals surface area (Å²) < 4.78 is 0. The topological polar surface area (TPSA) is 12.9 Å². The fourth-order valence-corrected chi connectivity index (χ4v) is 1.77. The summed E-state index contributed by atoms with van der Waals surface area (Å²) in [5, 5.41) is 0. The van der Waals surface area contributed by atoms with E-state index in [1.54, 1.807) is 0 Å². The zero-order valence-electron chi connectivity index (χ0n) is 8.53. The average molecular weight is 185 g/mol. The van der Waals surface area contributed by atoms with E-state index in [-0.39, 0.29) is 0 Å². The lowest BCUT2D eigenvalue weighted by Gasteiger charge is -2.12. The van der Waals surface area contributed by atoms with Gasteiger partial charge in [-0.15, -0.1) is 0 Å². The Hall–Kier alpha value is -1.37.